The van der Waals surface area contributed by atoms with Gasteiger partial charge in [0.15, 0.2) is 0 Å². The van der Waals surface area contributed by atoms with Crippen molar-refractivity contribution < 1.29 is 14.4 Å². The number of hydrogen-bond donors (Lipinski definition) is 2. The molecule has 2 heterocycles. The predicted molar refractivity (Wildman–Crippen MR) is 116 cm³/mol. The third-order valence-electron chi connectivity index (χ3n) is 5.97. The van der Waals surface area contributed by atoms with Crippen LogP contribution in [0.25, 0.3) is 0 Å². The Balaban J connectivity index is 1.29. The van der Waals surface area contributed by atoms with Gasteiger partial charge >= 0.3 is 6.03 Å². The molecule has 0 saturated carbocycles. The lowest BCUT2D eigenvalue weighted by molar-refractivity contribution is -0.135. The molecule has 164 valence electrons. The van der Waals surface area contributed by atoms with Crippen molar-refractivity contribution in [3.63, 3.8) is 0 Å². The molecular formula is C23H34N4O3. The van der Waals surface area contributed by atoms with Gasteiger partial charge in [0.25, 0.3) is 0 Å². The third-order valence-corrected chi connectivity index (χ3v) is 5.97. The zero-order chi connectivity index (χ0) is 21.5. The van der Waals surface area contributed by atoms with Gasteiger partial charge in [-0.15, -0.1) is 0 Å². The van der Waals surface area contributed by atoms with E-state index in [0.717, 1.165) is 25.8 Å². The largest absolute Gasteiger partial charge is 0.342 e. The summed E-state index contributed by atoms with van der Waals surface area (Å²) in [5.41, 5.74) is 2.56. The molecule has 0 spiro atoms. The van der Waals surface area contributed by atoms with E-state index in [4.69, 9.17) is 0 Å². The highest BCUT2D eigenvalue weighted by Crippen LogP contribution is 2.19. The van der Waals surface area contributed by atoms with Crippen molar-refractivity contribution in [1.82, 2.24) is 20.4 Å². The molecule has 4 amide bonds. The van der Waals surface area contributed by atoms with Crippen LogP contribution in [0.15, 0.2) is 24.3 Å². The summed E-state index contributed by atoms with van der Waals surface area (Å²) in [5.74, 6) is 0.342. The molecule has 1 fully saturated rings. The first kappa shape index (κ1) is 22.1. The van der Waals surface area contributed by atoms with E-state index in [9.17, 15) is 14.4 Å². The van der Waals surface area contributed by atoms with Crippen molar-refractivity contribution in [2.24, 2.45) is 5.92 Å². The van der Waals surface area contributed by atoms with Gasteiger partial charge in [-0.1, -0.05) is 38.1 Å². The van der Waals surface area contributed by atoms with Crippen LogP contribution in [-0.4, -0.2) is 59.9 Å². The first-order valence-corrected chi connectivity index (χ1v) is 11.1. The molecular weight excluding hydrogens is 380 g/mol. The molecule has 1 saturated heterocycles. The van der Waals surface area contributed by atoms with Crippen molar-refractivity contribution in [3.05, 3.63) is 35.4 Å². The first-order chi connectivity index (χ1) is 14.4. The Morgan fingerprint density at radius 2 is 1.73 bits per heavy atom. The Morgan fingerprint density at radius 3 is 2.43 bits per heavy atom. The molecule has 0 radical (unpaired) electrons. The number of urea groups is 1. The maximum absolute atomic E-state index is 12.5. The Hall–Kier alpha value is -2.57. The normalized spacial score (nSPS) is 16.9. The van der Waals surface area contributed by atoms with Crippen molar-refractivity contribution in [2.75, 3.05) is 26.2 Å². The molecule has 30 heavy (non-hydrogen) atoms. The van der Waals surface area contributed by atoms with E-state index in [1.54, 1.807) is 0 Å². The zero-order valence-electron chi connectivity index (χ0n) is 18.2. The second-order valence-corrected chi connectivity index (χ2v) is 8.59. The predicted octanol–water partition coefficient (Wildman–Crippen LogP) is 2.30. The molecule has 7 heteroatoms. The highest BCUT2D eigenvalue weighted by molar-refractivity contribution is 5.78. The number of amides is 4. The van der Waals surface area contributed by atoms with E-state index >= 15 is 0 Å². The minimum atomic E-state index is -0.192. The van der Waals surface area contributed by atoms with Crippen LogP contribution >= 0.6 is 0 Å². The van der Waals surface area contributed by atoms with Gasteiger partial charge < -0.3 is 20.4 Å². The summed E-state index contributed by atoms with van der Waals surface area (Å²) in [5, 5.41) is 5.84. The summed E-state index contributed by atoms with van der Waals surface area (Å²) in [6.07, 6.45) is 3.54. The maximum atomic E-state index is 12.5. The third kappa shape index (κ3) is 5.97. The fourth-order valence-electron chi connectivity index (χ4n) is 4.15. The smallest absolute Gasteiger partial charge is 0.315 e. The van der Waals surface area contributed by atoms with Crippen molar-refractivity contribution in [1.29, 1.82) is 0 Å². The number of nitrogens with one attached hydrogen (secondary N) is 2. The number of likely N-dealkylation sites (tertiary alicyclic amines) is 1. The molecule has 0 bridgehead atoms. The van der Waals surface area contributed by atoms with E-state index in [0.29, 0.717) is 39.0 Å². The van der Waals surface area contributed by atoms with Gasteiger partial charge in [-0.3, -0.25) is 9.59 Å². The fourth-order valence-corrected chi connectivity index (χ4v) is 4.15. The van der Waals surface area contributed by atoms with E-state index in [-0.39, 0.29) is 29.8 Å². The zero-order valence-corrected chi connectivity index (χ0v) is 18.2. The van der Waals surface area contributed by atoms with Gasteiger partial charge in [-0.05, 0) is 36.8 Å². The highest BCUT2D eigenvalue weighted by Gasteiger charge is 2.25. The maximum Gasteiger partial charge on any atom is 0.315 e. The molecule has 1 aromatic rings. The van der Waals surface area contributed by atoms with Crippen LogP contribution in [0.3, 0.4) is 0 Å². The summed E-state index contributed by atoms with van der Waals surface area (Å²) < 4.78 is 0. The second kappa shape index (κ2) is 10.5. The van der Waals surface area contributed by atoms with Crippen molar-refractivity contribution in [2.45, 2.75) is 58.5 Å². The second-order valence-electron chi connectivity index (χ2n) is 8.59. The van der Waals surface area contributed by atoms with Gasteiger partial charge in [0.2, 0.25) is 11.8 Å². The lowest BCUT2D eigenvalue weighted by Gasteiger charge is -2.33. The lowest BCUT2D eigenvalue weighted by atomic mass is 9.99. The summed E-state index contributed by atoms with van der Waals surface area (Å²) in [4.78, 5) is 40.4. The van der Waals surface area contributed by atoms with Gasteiger partial charge in [0, 0.05) is 51.1 Å². The van der Waals surface area contributed by atoms with Crippen LogP contribution < -0.4 is 10.6 Å². The summed E-state index contributed by atoms with van der Waals surface area (Å²) >= 11 is 0. The van der Waals surface area contributed by atoms with Crippen LogP contribution in [0.2, 0.25) is 0 Å². The van der Waals surface area contributed by atoms with Gasteiger partial charge in [0.05, 0.1) is 0 Å². The van der Waals surface area contributed by atoms with Crippen molar-refractivity contribution >= 4 is 17.8 Å². The van der Waals surface area contributed by atoms with E-state index < -0.39 is 0 Å². The van der Waals surface area contributed by atoms with Crippen LogP contribution in [0.5, 0.6) is 0 Å². The molecule has 0 unspecified atom stereocenters. The number of fused-ring (bicyclic) bond motifs is 1. The van der Waals surface area contributed by atoms with Crippen LogP contribution in [0, 0.1) is 5.92 Å². The average Bonchev–Trinajstić information content (AvgIpc) is 2.76. The number of piperidine rings is 1. The van der Waals surface area contributed by atoms with E-state index in [1.807, 2.05) is 35.8 Å². The number of hydrogen-bond acceptors (Lipinski definition) is 3. The monoisotopic (exact) mass is 414 g/mol. The van der Waals surface area contributed by atoms with Crippen LogP contribution in [0.1, 0.15) is 50.7 Å². The fraction of sp³-hybridized carbons (Fsp3) is 0.609. The molecule has 2 aliphatic heterocycles. The Bertz CT molecular complexity index is 757. The Morgan fingerprint density at radius 1 is 1.03 bits per heavy atom. The Labute approximate surface area is 179 Å². The highest BCUT2D eigenvalue weighted by atomic mass is 16.2. The number of carbonyl (C=O) groups excluding carboxylic acids is 3. The number of nitrogens with zero attached hydrogens (tertiary/aromatic N) is 2. The Kier molecular flexibility index (Phi) is 7.71. The number of carbonyl (C=O) groups is 3. The van der Waals surface area contributed by atoms with Crippen molar-refractivity contribution in [3.8, 4) is 0 Å². The molecule has 1 aromatic carbocycles. The minimum absolute atomic E-state index is 0.0141. The molecule has 2 N–H and O–H groups in total. The van der Waals surface area contributed by atoms with E-state index in [1.165, 1.54) is 11.1 Å². The lowest BCUT2D eigenvalue weighted by Crippen LogP contribution is -2.49. The van der Waals surface area contributed by atoms with Crippen LogP contribution in [0.4, 0.5) is 4.79 Å². The molecule has 0 aromatic heterocycles. The first-order valence-electron chi connectivity index (χ1n) is 11.1. The number of benzene rings is 1. The number of rotatable bonds is 6. The molecule has 0 aliphatic carbocycles. The molecule has 2 aliphatic rings. The topological polar surface area (TPSA) is 81.8 Å². The average molecular weight is 415 g/mol. The summed E-state index contributed by atoms with van der Waals surface area (Å²) in [6, 6.07) is 8.18. The standard InChI is InChI=1S/C23H34N4O3/c1-17(2)22(29)26-14-10-20(11-15-26)25-23(30)24-12-5-8-21(28)27-13-9-18-6-3-4-7-19(18)16-27/h3-4,6-7,17,20H,5,8-16H2,1-2H3,(H2,24,25,30). The van der Waals surface area contributed by atoms with Crippen LogP contribution in [-0.2, 0) is 22.6 Å². The van der Waals surface area contributed by atoms with Gasteiger partial charge in [0.1, 0.15) is 0 Å². The summed E-state index contributed by atoms with van der Waals surface area (Å²) in [7, 11) is 0. The molecule has 3 rings (SSSR count). The molecule has 0 atom stereocenters. The van der Waals surface area contributed by atoms with Gasteiger partial charge in [-0.25, -0.2) is 4.79 Å². The quantitative estimate of drug-likeness (QED) is 0.701. The van der Waals surface area contributed by atoms with Gasteiger partial charge in [-0.2, -0.15) is 0 Å². The van der Waals surface area contributed by atoms with E-state index in [2.05, 4.69) is 22.8 Å². The SMILES string of the molecule is CC(C)C(=O)N1CCC(NC(=O)NCCCC(=O)N2CCc3ccccc3C2)CC1. The minimum Gasteiger partial charge on any atom is -0.342 e. The summed E-state index contributed by atoms with van der Waals surface area (Å²) in [6.45, 7) is 7.13. The molecule has 7 nitrogen and oxygen atoms in total.